The number of hydrogen-bond donors (Lipinski definition) is 1. The highest BCUT2D eigenvalue weighted by Gasteiger charge is 2.33. The maximum atomic E-state index is 13.5. The Bertz CT molecular complexity index is 1240. The van der Waals surface area contributed by atoms with Crippen molar-refractivity contribution < 1.29 is 24.2 Å². The fourth-order valence-electron chi connectivity index (χ4n) is 3.50. The van der Waals surface area contributed by atoms with Gasteiger partial charge >= 0.3 is 5.97 Å². The first-order valence-electron chi connectivity index (χ1n) is 10.4. The smallest absolute Gasteiger partial charge is 0.335 e. The minimum Gasteiger partial charge on any atom is -0.496 e. The van der Waals surface area contributed by atoms with Gasteiger partial charge in [0.25, 0.3) is 5.91 Å². The molecule has 7 nitrogen and oxygen atoms in total. The zero-order valence-electron chi connectivity index (χ0n) is 18.2. The molecule has 0 spiro atoms. The number of hydrogen-bond acceptors (Lipinski definition) is 5. The lowest BCUT2D eigenvalue weighted by Gasteiger charge is -2.20. The van der Waals surface area contributed by atoms with Crippen molar-refractivity contribution in [2.24, 2.45) is 4.99 Å². The Kier molecular flexibility index (Phi) is 6.22. The van der Waals surface area contributed by atoms with E-state index in [4.69, 9.17) is 14.6 Å². The third-order valence-electron chi connectivity index (χ3n) is 5.08. The molecule has 0 saturated heterocycles. The Morgan fingerprint density at radius 3 is 2.36 bits per heavy atom. The van der Waals surface area contributed by atoms with Gasteiger partial charge in [-0.3, -0.25) is 9.69 Å². The lowest BCUT2D eigenvalue weighted by atomic mass is 10.1. The maximum Gasteiger partial charge on any atom is 0.335 e. The normalized spacial score (nSPS) is 14.4. The van der Waals surface area contributed by atoms with Gasteiger partial charge in [-0.15, -0.1) is 0 Å². The molecule has 0 saturated carbocycles. The molecular formula is C26H22N2O5. The largest absolute Gasteiger partial charge is 0.496 e. The van der Waals surface area contributed by atoms with Gasteiger partial charge in [0.1, 0.15) is 17.2 Å². The van der Waals surface area contributed by atoms with Gasteiger partial charge in [0.15, 0.2) is 5.84 Å². The molecule has 0 aliphatic carbocycles. The molecule has 1 aliphatic heterocycles. The average molecular weight is 442 g/mol. The minimum atomic E-state index is -1.01. The number of amides is 1. The van der Waals surface area contributed by atoms with E-state index in [0.717, 1.165) is 0 Å². The SMILES string of the molecule is CCOc1ccc(N2C(=O)/C(=C\c3ccc(C(=O)O)cc3)N=C2c2ccccc2OC)cc1. The Morgan fingerprint density at radius 2 is 1.73 bits per heavy atom. The third-order valence-corrected chi connectivity index (χ3v) is 5.08. The highest BCUT2D eigenvalue weighted by atomic mass is 16.5. The lowest BCUT2D eigenvalue weighted by Crippen LogP contribution is -2.32. The molecule has 33 heavy (non-hydrogen) atoms. The van der Waals surface area contributed by atoms with Gasteiger partial charge in [-0.25, -0.2) is 9.79 Å². The predicted octanol–water partition coefficient (Wildman–Crippen LogP) is 4.63. The number of carbonyl (C=O) groups is 2. The van der Waals surface area contributed by atoms with Crippen LogP contribution in [0.25, 0.3) is 6.08 Å². The predicted molar refractivity (Wildman–Crippen MR) is 126 cm³/mol. The van der Waals surface area contributed by atoms with Gasteiger partial charge in [0.05, 0.1) is 30.5 Å². The van der Waals surface area contributed by atoms with E-state index >= 15 is 0 Å². The molecule has 0 aromatic heterocycles. The van der Waals surface area contributed by atoms with Crippen LogP contribution in [-0.2, 0) is 4.79 Å². The molecule has 0 unspecified atom stereocenters. The molecule has 4 rings (SSSR count). The summed E-state index contributed by atoms with van der Waals surface area (Å²) in [5.74, 6) is 0.423. The van der Waals surface area contributed by atoms with Crippen LogP contribution in [0.1, 0.15) is 28.4 Å². The second-order valence-electron chi connectivity index (χ2n) is 7.16. The van der Waals surface area contributed by atoms with Crippen molar-refractivity contribution in [3.63, 3.8) is 0 Å². The summed E-state index contributed by atoms with van der Waals surface area (Å²) in [6.07, 6.45) is 1.64. The summed E-state index contributed by atoms with van der Waals surface area (Å²) in [6, 6.07) is 20.8. The van der Waals surface area contributed by atoms with Gasteiger partial charge in [-0.05, 0) is 67.1 Å². The second kappa shape index (κ2) is 9.40. The fourth-order valence-corrected chi connectivity index (χ4v) is 3.50. The van der Waals surface area contributed by atoms with Crippen LogP contribution in [0.3, 0.4) is 0 Å². The van der Waals surface area contributed by atoms with E-state index in [9.17, 15) is 9.59 Å². The first-order chi connectivity index (χ1) is 16.0. The summed E-state index contributed by atoms with van der Waals surface area (Å²) in [4.78, 5) is 30.7. The van der Waals surface area contributed by atoms with E-state index in [2.05, 4.69) is 4.99 Å². The van der Waals surface area contributed by atoms with Crippen molar-refractivity contribution >= 4 is 29.5 Å². The summed E-state index contributed by atoms with van der Waals surface area (Å²) in [6.45, 7) is 2.45. The quantitative estimate of drug-likeness (QED) is 0.539. The molecule has 0 fully saturated rings. The number of rotatable bonds is 7. The van der Waals surface area contributed by atoms with Gasteiger partial charge < -0.3 is 14.6 Å². The summed E-state index contributed by atoms with van der Waals surface area (Å²) in [7, 11) is 1.57. The number of carbonyl (C=O) groups excluding carboxylic acids is 1. The van der Waals surface area contributed by atoms with Crippen LogP contribution in [0.2, 0.25) is 0 Å². The lowest BCUT2D eigenvalue weighted by molar-refractivity contribution is -0.113. The number of amidine groups is 1. The molecule has 0 bridgehead atoms. The van der Waals surface area contributed by atoms with Crippen molar-refractivity contribution in [1.82, 2.24) is 0 Å². The monoisotopic (exact) mass is 442 g/mol. The number of methoxy groups -OCH3 is 1. The van der Waals surface area contributed by atoms with Crippen LogP contribution in [0.4, 0.5) is 5.69 Å². The standard InChI is InChI=1S/C26H22N2O5/c1-3-33-20-14-12-19(13-15-20)28-24(21-6-4-5-7-23(21)32-2)27-22(25(28)29)16-17-8-10-18(11-9-17)26(30)31/h4-16H,3H2,1-2H3,(H,30,31)/b22-16+. The topological polar surface area (TPSA) is 88.4 Å². The van der Waals surface area contributed by atoms with Gasteiger partial charge in [0.2, 0.25) is 0 Å². The molecule has 3 aromatic rings. The Hall–Kier alpha value is -4.39. The van der Waals surface area contributed by atoms with Gasteiger partial charge in [-0.1, -0.05) is 24.3 Å². The Balaban J connectivity index is 1.79. The number of anilines is 1. The summed E-state index contributed by atoms with van der Waals surface area (Å²) >= 11 is 0. The number of para-hydroxylation sites is 1. The first-order valence-corrected chi connectivity index (χ1v) is 10.4. The van der Waals surface area contributed by atoms with Crippen LogP contribution in [0.5, 0.6) is 11.5 Å². The maximum absolute atomic E-state index is 13.5. The molecule has 166 valence electrons. The third kappa shape index (κ3) is 4.48. The van der Waals surface area contributed by atoms with E-state index in [-0.39, 0.29) is 17.2 Å². The molecular weight excluding hydrogens is 420 g/mol. The molecule has 3 aromatic carbocycles. The number of nitrogens with zero attached hydrogens (tertiary/aromatic N) is 2. The number of carboxylic acids is 1. The van der Waals surface area contributed by atoms with Gasteiger partial charge in [-0.2, -0.15) is 0 Å². The number of aromatic carboxylic acids is 1. The van der Waals surface area contributed by atoms with Crippen molar-refractivity contribution in [2.75, 3.05) is 18.6 Å². The first kappa shape index (κ1) is 21.8. The van der Waals surface area contributed by atoms with E-state index in [1.165, 1.54) is 17.0 Å². The molecule has 1 N–H and O–H groups in total. The number of benzene rings is 3. The molecule has 0 atom stereocenters. The molecule has 1 aliphatic rings. The molecule has 7 heteroatoms. The van der Waals surface area contributed by atoms with Crippen LogP contribution >= 0.6 is 0 Å². The van der Waals surface area contributed by atoms with E-state index in [1.807, 2.05) is 31.2 Å². The zero-order valence-corrected chi connectivity index (χ0v) is 18.2. The van der Waals surface area contributed by atoms with Crippen LogP contribution in [0.15, 0.2) is 83.5 Å². The fraction of sp³-hybridized carbons (Fsp3) is 0.115. The van der Waals surface area contributed by atoms with Crippen molar-refractivity contribution in [2.45, 2.75) is 6.92 Å². The number of ether oxygens (including phenoxy) is 2. The van der Waals surface area contributed by atoms with E-state index in [1.54, 1.807) is 49.6 Å². The number of aliphatic imine (C=N–C) groups is 1. The Labute approximate surface area is 191 Å². The molecule has 0 radical (unpaired) electrons. The van der Waals surface area contributed by atoms with Crippen LogP contribution in [-0.4, -0.2) is 36.5 Å². The Morgan fingerprint density at radius 1 is 1.03 bits per heavy atom. The highest BCUT2D eigenvalue weighted by Crippen LogP contribution is 2.32. The van der Waals surface area contributed by atoms with Crippen LogP contribution in [0, 0.1) is 0 Å². The summed E-state index contributed by atoms with van der Waals surface area (Å²) in [5, 5.41) is 9.11. The van der Waals surface area contributed by atoms with E-state index in [0.29, 0.717) is 40.8 Å². The molecule has 1 heterocycles. The zero-order chi connectivity index (χ0) is 23.4. The van der Waals surface area contributed by atoms with Crippen molar-refractivity contribution in [3.8, 4) is 11.5 Å². The van der Waals surface area contributed by atoms with Crippen LogP contribution < -0.4 is 14.4 Å². The van der Waals surface area contributed by atoms with Crippen molar-refractivity contribution in [1.29, 1.82) is 0 Å². The second-order valence-corrected chi connectivity index (χ2v) is 7.16. The average Bonchev–Trinajstić information content (AvgIpc) is 3.15. The minimum absolute atomic E-state index is 0.170. The molecule has 1 amide bonds. The number of carboxylic acid groups (broad SMARTS) is 1. The highest BCUT2D eigenvalue weighted by molar-refractivity contribution is 6.33. The van der Waals surface area contributed by atoms with E-state index < -0.39 is 5.97 Å². The summed E-state index contributed by atoms with van der Waals surface area (Å²) in [5.41, 5.74) is 2.38. The van der Waals surface area contributed by atoms with Crippen molar-refractivity contribution in [3.05, 3.63) is 95.2 Å². The summed E-state index contributed by atoms with van der Waals surface area (Å²) < 4.78 is 11.0. The van der Waals surface area contributed by atoms with Gasteiger partial charge in [0, 0.05) is 0 Å².